The van der Waals surface area contributed by atoms with Crippen molar-refractivity contribution < 1.29 is 17.9 Å². The maximum absolute atomic E-state index is 13.3. The zero-order valence-corrected chi connectivity index (χ0v) is 17.0. The molecule has 2 aliphatic heterocycles. The van der Waals surface area contributed by atoms with Crippen molar-refractivity contribution in [1.82, 2.24) is 0 Å². The maximum Gasteiger partial charge on any atom is 0.268 e. The average molecular weight is 421 g/mol. The SMILES string of the molecule is CS(=O)(=O)N1CC[C@H](C(=O)N2CCCc3ccccc32)Oc2ccc(Cl)cc21. The summed E-state index contributed by atoms with van der Waals surface area (Å²) < 4.78 is 31.8. The Morgan fingerprint density at radius 2 is 1.93 bits per heavy atom. The molecule has 2 heterocycles. The molecule has 2 aromatic rings. The van der Waals surface area contributed by atoms with E-state index in [-0.39, 0.29) is 18.9 Å². The van der Waals surface area contributed by atoms with Gasteiger partial charge in [0.15, 0.2) is 6.10 Å². The molecule has 0 saturated heterocycles. The highest BCUT2D eigenvalue weighted by atomic mass is 35.5. The van der Waals surface area contributed by atoms with Crippen molar-refractivity contribution in [3.63, 3.8) is 0 Å². The summed E-state index contributed by atoms with van der Waals surface area (Å²) in [4.78, 5) is 15.1. The van der Waals surface area contributed by atoms with Crippen molar-refractivity contribution in [2.24, 2.45) is 0 Å². The van der Waals surface area contributed by atoms with Gasteiger partial charge in [0, 0.05) is 30.2 Å². The van der Waals surface area contributed by atoms with Crippen molar-refractivity contribution in [1.29, 1.82) is 0 Å². The Bertz CT molecular complexity index is 1020. The Labute approximate surface area is 169 Å². The van der Waals surface area contributed by atoms with Gasteiger partial charge in [0.05, 0.1) is 11.9 Å². The first-order valence-electron chi connectivity index (χ1n) is 9.18. The Hall–Kier alpha value is -2.25. The Balaban J connectivity index is 1.68. The van der Waals surface area contributed by atoms with Gasteiger partial charge < -0.3 is 9.64 Å². The molecule has 0 N–H and O–H groups in total. The second-order valence-corrected chi connectivity index (χ2v) is 9.41. The van der Waals surface area contributed by atoms with E-state index in [1.54, 1.807) is 23.1 Å². The van der Waals surface area contributed by atoms with Crippen molar-refractivity contribution >= 4 is 38.9 Å². The standard InChI is InChI=1S/C20H21ClN2O4S/c1-28(25,26)23-12-10-19(27-18-9-8-15(21)13-17(18)23)20(24)22-11-4-6-14-5-2-3-7-16(14)22/h2-3,5,7-9,13,19H,4,6,10-12H2,1H3/t19-/m1/s1. The van der Waals surface area contributed by atoms with Gasteiger partial charge in [-0.05, 0) is 42.7 Å². The largest absolute Gasteiger partial charge is 0.478 e. The van der Waals surface area contributed by atoms with Crippen LogP contribution in [0.4, 0.5) is 11.4 Å². The van der Waals surface area contributed by atoms with Gasteiger partial charge in [-0.1, -0.05) is 29.8 Å². The monoisotopic (exact) mass is 420 g/mol. The summed E-state index contributed by atoms with van der Waals surface area (Å²) in [6.07, 6.45) is 2.46. The molecule has 0 saturated carbocycles. The number of benzene rings is 2. The molecule has 0 fully saturated rings. The number of anilines is 2. The highest BCUT2D eigenvalue weighted by Crippen LogP contribution is 2.37. The highest BCUT2D eigenvalue weighted by molar-refractivity contribution is 7.92. The number of rotatable bonds is 2. The number of amides is 1. The number of para-hydroxylation sites is 1. The molecule has 1 atom stereocenters. The summed E-state index contributed by atoms with van der Waals surface area (Å²) in [6, 6.07) is 12.7. The number of aryl methyl sites for hydroxylation is 1. The molecular weight excluding hydrogens is 400 g/mol. The van der Waals surface area contributed by atoms with Gasteiger partial charge in [-0.15, -0.1) is 0 Å². The van der Waals surface area contributed by atoms with E-state index in [0.29, 0.717) is 23.0 Å². The van der Waals surface area contributed by atoms with E-state index < -0.39 is 16.1 Å². The lowest BCUT2D eigenvalue weighted by molar-refractivity contribution is -0.125. The van der Waals surface area contributed by atoms with Gasteiger partial charge in [-0.3, -0.25) is 9.10 Å². The molecule has 148 valence electrons. The first-order valence-corrected chi connectivity index (χ1v) is 11.4. The molecule has 28 heavy (non-hydrogen) atoms. The van der Waals surface area contributed by atoms with Gasteiger partial charge in [-0.2, -0.15) is 0 Å². The number of fused-ring (bicyclic) bond motifs is 2. The van der Waals surface area contributed by atoms with Crippen LogP contribution in [0.3, 0.4) is 0 Å². The van der Waals surface area contributed by atoms with E-state index in [2.05, 4.69) is 0 Å². The van der Waals surface area contributed by atoms with Crippen molar-refractivity contribution in [3.8, 4) is 5.75 Å². The van der Waals surface area contributed by atoms with Gasteiger partial charge in [0.25, 0.3) is 5.91 Å². The van der Waals surface area contributed by atoms with E-state index in [9.17, 15) is 13.2 Å². The minimum absolute atomic E-state index is 0.150. The number of halogens is 1. The topological polar surface area (TPSA) is 66.9 Å². The van der Waals surface area contributed by atoms with Crippen molar-refractivity contribution in [2.45, 2.75) is 25.4 Å². The number of nitrogens with zero attached hydrogens (tertiary/aromatic N) is 2. The first-order chi connectivity index (χ1) is 13.3. The number of ether oxygens (including phenoxy) is 1. The fourth-order valence-electron chi connectivity index (χ4n) is 3.81. The summed E-state index contributed by atoms with van der Waals surface area (Å²) in [5.74, 6) is 0.194. The van der Waals surface area contributed by atoms with Crippen LogP contribution in [0.5, 0.6) is 5.75 Å². The fraction of sp³-hybridized carbons (Fsp3) is 0.350. The summed E-state index contributed by atoms with van der Waals surface area (Å²) in [6.45, 7) is 0.775. The third-order valence-corrected chi connectivity index (χ3v) is 6.52. The van der Waals surface area contributed by atoms with Crippen LogP contribution >= 0.6 is 11.6 Å². The first kappa shape index (κ1) is 19.1. The average Bonchev–Trinajstić information content (AvgIpc) is 2.86. The lowest BCUT2D eigenvalue weighted by Crippen LogP contribution is -2.45. The van der Waals surface area contributed by atoms with Crippen LogP contribution in [0.15, 0.2) is 42.5 Å². The molecule has 8 heteroatoms. The zero-order chi connectivity index (χ0) is 19.9. The summed E-state index contributed by atoms with van der Waals surface area (Å²) in [5, 5.41) is 0.408. The van der Waals surface area contributed by atoms with Gasteiger partial charge in [-0.25, -0.2) is 8.42 Å². The van der Waals surface area contributed by atoms with Crippen LogP contribution in [0.2, 0.25) is 5.02 Å². The third kappa shape index (κ3) is 3.56. The summed E-state index contributed by atoms with van der Waals surface area (Å²) in [7, 11) is -3.53. The minimum Gasteiger partial charge on any atom is -0.478 e. The molecule has 0 unspecified atom stereocenters. The fourth-order valence-corrected chi connectivity index (χ4v) is 4.91. The van der Waals surface area contributed by atoms with E-state index in [4.69, 9.17) is 16.3 Å². The Morgan fingerprint density at radius 3 is 2.71 bits per heavy atom. The molecule has 1 amide bonds. The number of hydrogen-bond acceptors (Lipinski definition) is 4. The number of carbonyl (C=O) groups is 1. The minimum atomic E-state index is -3.53. The van der Waals surface area contributed by atoms with Crippen LogP contribution in [-0.4, -0.2) is 39.8 Å². The van der Waals surface area contributed by atoms with E-state index in [1.807, 2.05) is 24.3 Å². The van der Waals surface area contributed by atoms with Gasteiger partial charge in [0.2, 0.25) is 10.0 Å². The van der Waals surface area contributed by atoms with E-state index in [0.717, 1.165) is 30.3 Å². The highest BCUT2D eigenvalue weighted by Gasteiger charge is 2.35. The number of sulfonamides is 1. The molecule has 0 bridgehead atoms. The molecule has 4 rings (SSSR count). The van der Waals surface area contributed by atoms with E-state index >= 15 is 0 Å². The molecule has 2 aliphatic rings. The normalized spacial score (nSPS) is 19.3. The van der Waals surface area contributed by atoms with Gasteiger partial charge >= 0.3 is 0 Å². The summed E-state index contributed by atoms with van der Waals surface area (Å²) >= 11 is 6.07. The summed E-state index contributed by atoms with van der Waals surface area (Å²) in [5.41, 5.74) is 2.41. The van der Waals surface area contributed by atoms with Crippen LogP contribution < -0.4 is 13.9 Å². The van der Waals surface area contributed by atoms with Crippen LogP contribution in [0, 0.1) is 0 Å². The molecule has 0 aromatic heterocycles. The zero-order valence-electron chi connectivity index (χ0n) is 15.5. The Kier molecular flexibility index (Phi) is 4.97. The van der Waals surface area contributed by atoms with E-state index in [1.165, 1.54) is 4.31 Å². The second kappa shape index (κ2) is 7.29. The third-order valence-electron chi connectivity index (χ3n) is 5.11. The maximum atomic E-state index is 13.3. The number of carbonyl (C=O) groups excluding carboxylic acids is 1. The predicted octanol–water partition coefficient (Wildman–Crippen LogP) is 3.24. The molecule has 0 aliphatic carbocycles. The second-order valence-electron chi connectivity index (χ2n) is 7.06. The molecule has 6 nitrogen and oxygen atoms in total. The van der Waals surface area contributed by atoms with Crippen LogP contribution in [0.1, 0.15) is 18.4 Å². The molecule has 2 aromatic carbocycles. The van der Waals surface area contributed by atoms with Gasteiger partial charge in [0.1, 0.15) is 5.75 Å². The lowest BCUT2D eigenvalue weighted by atomic mass is 10.0. The molecule has 0 radical (unpaired) electrons. The van der Waals surface area contributed by atoms with Crippen LogP contribution in [-0.2, 0) is 21.2 Å². The quantitative estimate of drug-likeness (QED) is 0.748. The molecular formula is C20H21ClN2O4S. The predicted molar refractivity (Wildman–Crippen MR) is 110 cm³/mol. The van der Waals surface area contributed by atoms with Crippen molar-refractivity contribution in [2.75, 3.05) is 28.6 Å². The number of hydrogen-bond donors (Lipinski definition) is 0. The lowest BCUT2D eigenvalue weighted by Gasteiger charge is -2.32. The van der Waals surface area contributed by atoms with Crippen molar-refractivity contribution in [3.05, 3.63) is 53.1 Å². The Morgan fingerprint density at radius 1 is 1.14 bits per heavy atom. The molecule has 0 spiro atoms. The van der Waals surface area contributed by atoms with Crippen LogP contribution in [0.25, 0.3) is 0 Å². The smallest absolute Gasteiger partial charge is 0.268 e.